The number of aliphatic hydroxyl groups excluding tert-OH is 1. The number of pyridine rings is 1. The normalized spacial score (nSPS) is 11.0. The molecule has 3 heterocycles. The Balaban J connectivity index is 1.62. The lowest BCUT2D eigenvalue weighted by molar-refractivity contribution is 0.281. The summed E-state index contributed by atoms with van der Waals surface area (Å²) in [5.41, 5.74) is 6.55. The summed E-state index contributed by atoms with van der Waals surface area (Å²) in [7, 11) is 5.12. The summed E-state index contributed by atoms with van der Waals surface area (Å²) < 4.78 is 12.8. The maximum Gasteiger partial charge on any atom is 0.124 e. The predicted molar refractivity (Wildman–Crippen MR) is 137 cm³/mol. The second-order valence-corrected chi connectivity index (χ2v) is 8.30. The molecular weight excluding hydrogens is 456 g/mol. The highest BCUT2D eigenvalue weighted by Gasteiger charge is 2.16. The number of aromatic nitrogens is 5. The molecule has 0 amide bonds. The van der Waals surface area contributed by atoms with E-state index in [4.69, 9.17) is 14.5 Å². The third-order valence-corrected chi connectivity index (χ3v) is 5.87. The number of rotatable bonds is 8. The van der Waals surface area contributed by atoms with E-state index in [1.165, 1.54) is 0 Å². The van der Waals surface area contributed by atoms with Gasteiger partial charge >= 0.3 is 0 Å². The van der Waals surface area contributed by atoms with Crippen molar-refractivity contribution in [3.63, 3.8) is 0 Å². The zero-order valence-corrected chi connectivity index (χ0v) is 20.3. The van der Waals surface area contributed by atoms with E-state index in [-0.39, 0.29) is 6.61 Å². The van der Waals surface area contributed by atoms with Gasteiger partial charge in [-0.25, -0.2) is 4.98 Å². The molecule has 5 rings (SSSR count). The maximum absolute atomic E-state index is 9.61. The SMILES string of the molecule is COc1cc(OC)cc(N(Cc2cc(CO)ccn2)c2ccc3ncc(-c4cnn(C)c4)nc3c2)c1. The standard InChI is InChI=1S/C27H26N6O3/c1-32-15-19(13-30-32)27-14-29-25-5-4-21(11-26(25)31-27)33(16-20-8-18(17-34)6-7-28-20)22-9-23(35-2)12-24(10-22)36-3/h4-15,34H,16-17H2,1-3H3. The van der Waals surface area contributed by atoms with Gasteiger partial charge in [0.1, 0.15) is 11.5 Å². The first-order valence-corrected chi connectivity index (χ1v) is 11.4. The molecule has 182 valence electrons. The van der Waals surface area contributed by atoms with Gasteiger partial charge in [0.25, 0.3) is 0 Å². The van der Waals surface area contributed by atoms with Gasteiger partial charge in [-0.2, -0.15) is 5.10 Å². The smallest absolute Gasteiger partial charge is 0.124 e. The molecule has 0 aliphatic rings. The molecule has 36 heavy (non-hydrogen) atoms. The maximum atomic E-state index is 9.61. The summed E-state index contributed by atoms with van der Waals surface area (Å²) in [6, 6.07) is 15.4. The van der Waals surface area contributed by atoms with Gasteiger partial charge in [-0.3, -0.25) is 14.6 Å². The Morgan fingerprint density at radius 2 is 1.69 bits per heavy atom. The zero-order chi connectivity index (χ0) is 25.1. The van der Waals surface area contributed by atoms with Gasteiger partial charge in [-0.1, -0.05) is 0 Å². The molecule has 9 nitrogen and oxygen atoms in total. The second kappa shape index (κ2) is 10.0. The van der Waals surface area contributed by atoms with E-state index in [9.17, 15) is 5.11 Å². The predicted octanol–water partition coefficient (Wildman–Crippen LogP) is 4.27. The fraction of sp³-hybridized carbons (Fsp3) is 0.185. The van der Waals surface area contributed by atoms with Gasteiger partial charge in [0.15, 0.2) is 0 Å². The Morgan fingerprint density at radius 1 is 0.889 bits per heavy atom. The van der Waals surface area contributed by atoms with Crippen LogP contribution in [0.4, 0.5) is 11.4 Å². The van der Waals surface area contributed by atoms with Gasteiger partial charge in [0, 0.05) is 54.6 Å². The van der Waals surface area contributed by atoms with Crippen LogP contribution < -0.4 is 14.4 Å². The summed E-state index contributed by atoms with van der Waals surface area (Å²) >= 11 is 0. The minimum Gasteiger partial charge on any atom is -0.497 e. The lowest BCUT2D eigenvalue weighted by atomic mass is 10.1. The molecule has 3 aromatic heterocycles. The number of aryl methyl sites for hydroxylation is 1. The van der Waals surface area contributed by atoms with Gasteiger partial charge in [0.2, 0.25) is 0 Å². The Labute approximate surface area is 208 Å². The summed E-state index contributed by atoms with van der Waals surface area (Å²) in [5, 5.41) is 13.9. The Hall–Kier alpha value is -4.50. The van der Waals surface area contributed by atoms with Crippen LogP contribution in [0.3, 0.4) is 0 Å². The van der Waals surface area contributed by atoms with Crippen LogP contribution in [0.5, 0.6) is 11.5 Å². The molecule has 0 radical (unpaired) electrons. The van der Waals surface area contributed by atoms with E-state index in [1.807, 2.05) is 55.7 Å². The van der Waals surface area contributed by atoms with E-state index in [0.717, 1.165) is 44.9 Å². The fourth-order valence-electron chi connectivity index (χ4n) is 4.02. The van der Waals surface area contributed by atoms with E-state index in [1.54, 1.807) is 43.6 Å². The molecule has 1 N–H and O–H groups in total. The second-order valence-electron chi connectivity index (χ2n) is 8.30. The lowest BCUT2D eigenvalue weighted by Crippen LogP contribution is -2.18. The third kappa shape index (κ3) is 4.82. The van der Waals surface area contributed by atoms with Crippen molar-refractivity contribution in [1.29, 1.82) is 0 Å². The Morgan fingerprint density at radius 3 is 2.39 bits per heavy atom. The average Bonchev–Trinajstić information content (AvgIpc) is 3.37. The molecule has 0 bridgehead atoms. The van der Waals surface area contributed by atoms with Crippen LogP contribution in [0.15, 0.2) is 73.3 Å². The number of fused-ring (bicyclic) bond motifs is 1. The topological polar surface area (TPSA) is 98.4 Å². The fourth-order valence-corrected chi connectivity index (χ4v) is 4.02. The van der Waals surface area contributed by atoms with Crippen molar-refractivity contribution in [2.24, 2.45) is 7.05 Å². The van der Waals surface area contributed by atoms with Gasteiger partial charge in [0.05, 0.1) is 62.2 Å². The van der Waals surface area contributed by atoms with Crippen molar-refractivity contribution >= 4 is 22.4 Å². The number of methoxy groups -OCH3 is 2. The number of hydrogen-bond acceptors (Lipinski definition) is 8. The van der Waals surface area contributed by atoms with E-state index in [0.29, 0.717) is 18.0 Å². The van der Waals surface area contributed by atoms with Crippen molar-refractivity contribution in [2.45, 2.75) is 13.2 Å². The first-order valence-electron chi connectivity index (χ1n) is 11.4. The van der Waals surface area contributed by atoms with Crippen LogP contribution in [0, 0.1) is 0 Å². The number of aliphatic hydroxyl groups is 1. The van der Waals surface area contributed by atoms with Crippen LogP contribution >= 0.6 is 0 Å². The van der Waals surface area contributed by atoms with Gasteiger partial charge in [-0.05, 0) is 35.9 Å². The Bertz CT molecular complexity index is 1490. The highest BCUT2D eigenvalue weighted by Crippen LogP contribution is 2.35. The van der Waals surface area contributed by atoms with Crippen molar-refractivity contribution < 1.29 is 14.6 Å². The van der Waals surface area contributed by atoms with E-state index in [2.05, 4.69) is 20.0 Å². The largest absolute Gasteiger partial charge is 0.497 e. The van der Waals surface area contributed by atoms with Crippen molar-refractivity contribution in [3.8, 4) is 22.8 Å². The van der Waals surface area contributed by atoms with Crippen molar-refractivity contribution in [1.82, 2.24) is 24.7 Å². The number of benzene rings is 2. The molecule has 0 fully saturated rings. The third-order valence-electron chi connectivity index (χ3n) is 5.87. The van der Waals surface area contributed by atoms with Crippen LogP contribution in [-0.2, 0) is 20.2 Å². The first kappa shape index (κ1) is 23.3. The summed E-state index contributed by atoms with van der Waals surface area (Å²) in [4.78, 5) is 16.1. The summed E-state index contributed by atoms with van der Waals surface area (Å²) in [6.45, 7) is 0.399. The lowest BCUT2D eigenvalue weighted by Gasteiger charge is -2.26. The quantitative estimate of drug-likeness (QED) is 0.350. The molecular formula is C27H26N6O3. The van der Waals surface area contributed by atoms with Crippen molar-refractivity contribution in [2.75, 3.05) is 19.1 Å². The molecule has 9 heteroatoms. The molecule has 0 aliphatic carbocycles. The van der Waals surface area contributed by atoms with Crippen molar-refractivity contribution in [3.05, 3.63) is 84.6 Å². The zero-order valence-electron chi connectivity index (χ0n) is 20.3. The number of hydrogen-bond donors (Lipinski definition) is 1. The van der Waals surface area contributed by atoms with Crippen LogP contribution in [0.2, 0.25) is 0 Å². The number of nitrogens with zero attached hydrogens (tertiary/aromatic N) is 6. The van der Waals surface area contributed by atoms with Crippen LogP contribution in [0.1, 0.15) is 11.3 Å². The van der Waals surface area contributed by atoms with E-state index < -0.39 is 0 Å². The number of anilines is 2. The molecule has 0 spiro atoms. The van der Waals surface area contributed by atoms with E-state index >= 15 is 0 Å². The average molecular weight is 483 g/mol. The highest BCUT2D eigenvalue weighted by atomic mass is 16.5. The highest BCUT2D eigenvalue weighted by molar-refractivity contribution is 5.82. The molecule has 0 saturated carbocycles. The molecule has 0 aliphatic heterocycles. The summed E-state index contributed by atoms with van der Waals surface area (Å²) in [5.74, 6) is 1.34. The van der Waals surface area contributed by atoms with Gasteiger partial charge in [-0.15, -0.1) is 0 Å². The van der Waals surface area contributed by atoms with Gasteiger partial charge < -0.3 is 19.5 Å². The molecule has 5 aromatic rings. The van der Waals surface area contributed by atoms with Crippen LogP contribution in [0.25, 0.3) is 22.3 Å². The minimum absolute atomic E-state index is 0.0504. The summed E-state index contributed by atoms with van der Waals surface area (Å²) in [6.07, 6.45) is 7.15. The number of ether oxygens (including phenoxy) is 2. The molecule has 0 unspecified atom stereocenters. The molecule has 2 aromatic carbocycles. The first-order chi connectivity index (χ1) is 17.6. The van der Waals surface area contributed by atoms with Crippen LogP contribution in [-0.4, -0.2) is 44.1 Å². The molecule has 0 atom stereocenters. The molecule has 0 saturated heterocycles. The minimum atomic E-state index is -0.0504. The monoisotopic (exact) mass is 482 g/mol. The Kier molecular flexibility index (Phi) is 6.46.